The van der Waals surface area contributed by atoms with Crippen LogP contribution in [0.5, 0.6) is 0 Å². The lowest BCUT2D eigenvalue weighted by atomic mass is 10.0. The summed E-state index contributed by atoms with van der Waals surface area (Å²) in [4.78, 5) is 0. The Kier molecular flexibility index (Phi) is 4.03. The van der Waals surface area contributed by atoms with Crippen LogP contribution in [0.4, 0.5) is 5.69 Å². The molecule has 2 aromatic rings. The fraction of sp³-hybridized carbons (Fsp3) is 0.333. The number of nitrogens with one attached hydrogen (secondary N) is 1. The van der Waals surface area contributed by atoms with Crippen molar-refractivity contribution in [3.63, 3.8) is 0 Å². The van der Waals surface area contributed by atoms with Crippen molar-refractivity contribution in [2.45, 2.75) is 18.9 Å². The van der Waals surface area contributed by atoms with Crippen molar-refractivity contribution >= 4 is 5.69 Å². The molecule has 2 aromatic carbocycles. The normalized spacial score (nSPS) is 15.8. The number of para-hydroxylation sites is 1. The van der Waals surface area contributed by atoms with Crippen molar-refractivity contribution in [1.82, 2.24) is 0 Å². The van der Waals surface area contributed by atoms with Crippen LogP contribution in [0.3, 0.4) is 0 Å². The molecule has 20 heavy (non-hydrogen) atoms. The molecule has 1 fully saturated rings. The molecule has 0 heterocycles. The SMILES string of the molecule is COCC(Nc1ccccc1-c1ccccc1)C1CC1. The summed E-state index contributed by atoms with van der Waals surface area (Å²) in [6.07, 6.45) is 2.63. The highest BCUT2D eigenvalue weighted by Crippen LogP contribution is 2.36. The quantitative estimate of drug-likeness (QED) is 0.847. The van der Waals surface area contributed by atoms with E-state index in [0.717, 1.165) is 12.5 Å². The topological polar surface area (TPSA) is 21.3 Å². The number of rotatable bonds is 6. The van der Waals surface area contributed by atoms with Crippen LogP contribution in [0.15, 0.2) is 54.6 Å². The van der Waals surface area contributed by atoms with Gasteiger partial charge in [0.2, 0.25) is 0 Å². The minimum Gasteiger partial charge on any atom is -0.383 e. The van der Waals surface area contributed by atoms with Gasteiger partial charge in [0.15, 0.2) is 0 Å². The smallest absolute Gasteiger partial charge is 0.0666 e. The molecule has 3 rings (SSSR count). The zero-order chi connectivity index (χ0) is 13.8. The van der Waals surface area contributed by atoms with E-state index in [0.29, 0.717) is 6.04 Å². The van der Waals surface area contributed by atoms with Crippen molar-refractivity contribution in [1.29, 1.82) is 0 Å². The number of anilines is 1. The molecule has 1 unspecified atom stereocenters. The van der Waals surface area contributed by atoms with Gasteiger partial charge in [0.1, 0.15) is 0 Å². The average Bonchev–Trinajstić information content (AvgIpc) is 3.33. The molecule has 0 aromatic heterocycles. The Morgan fingerprint density at radius 2 is 1.75 bits per heavy atom. The van der Waals surface area contributed by atoms with Gasteiger partial charge >= 0.3 is 0 Å². The lowest BCUT2D eigenvalue weighted by Crippen LogP contribution is -2.27. The van der Waals surface area contributed by atoms with Crippen LogP contribution >= 0.6 is 0 Å². The summed E-state index contributed by atoms with van der Waals surface area (Å²) in [5.74, 6) is 0.763. The van der Waals surface area contributed by atoms with Crippen LogP contribution < -0.4 is 5.32 Å². The molecule has 0 aliphatic heterocycles. The minimum atomic E-state index is 0.421. The first kappa shape index (κ1) is 13.2. The molecule has 0 radical (unpaired) electrons. The molecule has 0 saturated heterocycles. The first-order valence-corrected chi connectivity index (χ1v) is 7.28. The maximum Gasteiger partial charge on any atom is 0.0666 e. The highest BCUT2D eigenvalue weighted by Gasteiger charge is 2.31. The lowest BCUT2D eigenvalue weighted by molar-refractivity contribution is 0.179. The van der Waals surface area contributed by atoms with Crippen LogP contribution in [0.1, 0.15) is 12.8 Å². The van der Waals surface area contributed by atoms with Crippen molar-refractivity contribution in [2.24, 2.45) is 5.92 Å². The van der Waals surface area contributed by atoms with E-state index in [1.54, 1.807) is 7.11 Å². The Morgan fingerprint density at radius 3 is 2.45 bits per heavy atom. The number of methoxy groups -OCH3 is 1. The standard InChI is InChI=1S/C18H21NO/c1-20-13-18(15-11-12-15)19-17-10-6-5-9-16(17)14-7-3-2-4-8-14/h2-10,15,18-19H,11-13H2,1H3. The van der Waals surface area contributed by atoms with E-state index in [-0.39, 0.29) is 0 Å². The summed E-state index contributed by atoms with van der Waals surface area (Å²) in [7, 11) is 1.78. The second-order valence-corrected chi connectivity index (χ2v) is 5.46. The van der Waals surface area contributed by atoms with Gasteiger partial charge in [0.25, 0.3) is 0 Å². The predicted octanol–water partition coefficient (Wildman–Crippen LogP) is 4.19. The summed E-state index contributed by atoms with van der Waals surface area (Å²) in [5, 5.41) is 3.68. The molecule has 0 amide bonds. The zero-order valence-electron chi connectivity index (χ0n) is 11.9. The summed E-state index contributed by atoms with van der Waals surface area (Å²) >= 11 is 0. The van der Waals surface area contributed by atoms with E-state index in [1.165, 1.54) is 29.7 Å². The number of benzene rings is 2. The summed E-state index contributed by atoms with van der Waals surface area (Å²) in [6.45, 7) is 0.772. The molecule has 2 nitrogen and oxygen atoms in total. The van der Waals surface area contributed by atoms with Crippen molar-refractivity contribution < 1.29 is 4.74 Å². The third kappa shape index (κ3) is 3.02. The summed E-state index contributed by atoms with van der Waals surface area (Å²) < 4.78 is 5.36. The summed E-state index contributed by atoms with van der Waals surface area (Å²) in [5.41, 5.74) is 3.71. The molecule has 1 atom stereocenters. The lowest BCUT2D eigenvalue weighted by Gasteiger charge is -2.21. The van der Waals surface area contributed by atoms with Crippen molar-refractivity contribution in [3.05, 3.63) is 54.6 Å². The predicted molar refractivity (Wildman–Crippen MR) is 83.9 cm³/mol. The molecule has 2 heteroatoms. The van der Waals surface area contributed by atoms with Crippen LogP contribution in [-0.2, 0) is 4.74 Å². The van der Waals surface area contributed by atoms with Gasteiger partial charge in [-0.3, -0.25) is 0 Å². The molecule has 0 spiro atoms. The molecule has 1 aliphatic rings. The Balaban J connectivity index is 1.86. The Labute approximate surface area is 120 Å². The number of hydrogen-bond donors (Lipinski definition) is 1. The van der Waals surface area contributed by atoms with Crippen molar-refractivity contribution in [2.75, 3.05) is 19.0 Å². The zero-order valence-corrected chi connectivity index (χ0v) is 11.9. The van der Waals surface area contributed by atoms with Crippen LogP contribution in [0.2, 0.25) is 0 Å². The van der Waals surface area contributed by atoms with Gasteiger partial charge in [-0.25, -0.2) is 0 Å². The van der Waals surface area contributed by atoms with Gasteiger partial charge in [0.05, 0.1) is 12.6 Å². The van der Waals surface area contributed by atoms with Crippen molar-refractivity contribution in [3.8, 4) is 11.1 Å². The molecule has 1 N–H and O–H groups in total. The van der Waals surface area contributed by atoms with E-state index in [2.05, 4.69) is 59.9 Å². The fourth-order valence-corrected chi connectivity index (χ4v) is 2.65. The monoisotopic (exact) mass is 267 g/mol. The van der Waals surface area contributed by atoms with Gasteiger partial charge in [-0.1, -0.05) is 48.5 Å². The maximum absolute atomic E-state index is 5.36. The largest absolute Gasteiger partial charge is 0.383 e. The van der Waals surface area contributed by atoms with E-state index < -0.39 is 0 Å². The maximum atomic E-state index is 5.36. The second kappa shape index (κ2) is 6.10. The van der Waals surface area contributed by atoms with E-state index in [1.807, 2.05) is 0 Å². The van der Waals surface area contributed by atoms with E-state index in [4.69, 9.17) is 4.74 Å². The highest BCUT2D eigenvalue weighted by molar-refractivity contribution is 5.77. The Hall–Kier alpha value is -1.80. The van der Waals surface area contributed by atoms with Gasteiger partial charge in [-0.15, -0.1) is 0 Å². The molecular weight excluding hydrogens is 246 g/mol. The van der Waals surface area contributed by atoms with E-state index in [9.17, 15) is 0 Å². The average molecular weight is 267 g/mol. The third-order valence-corrected chi connectivity index (χ3v) is 3.89. The molecule has 0 bridgehead atoms. The van der Waals surface area contributed by atoms with Gasteiger partial charge < -0.3 is 10.1 Å². The Morgan fingerprint density at radius 1 is 1.05 bits per heavy atom. The molecule has 104 valence electrons. The fourth-order valence-electron chi connectivity index (χ4n) is 2.65. The molecule has 1 aliphatic carbocycles. The minimum absolute atomic E-state index is 0.421. The highest BCUT2D eigenvalue weighted by atomic mass is 16.5. The first-order chi connectivity index (χ1) is 9.88. The van der Waals surface area contributed by atoms with Gasteiger partial charge in [-0.05, 0) is 30.4 Å². The van der Waals surface area contributed by atoms with E-state index >= 15 is 0 Å². The number of hydrogen-bond acceptors (Lipinski definition) is 2. The van der Waals surface area contributed by atoms with Crippen LogP contribution in [0, 0.1) is 5.92 Å². The summed E-state index contributed by atoms with van der Waals surface area (Å²) in [6, 6.07) is 19.5. The molecular formula is C18H21NO. The second-order valence-electron chi connectivity index (χ2n) is 5.46. The number of ether oxygens (including phenoxy) is 1. The molecule has 1 saturated carbocycles. The van der Waals surface area contributed by atoms with Crippen LogP contribution in [-0.4, -0.2) is 19.8 Å². The third-order valence-electron chi connectivity index (χ3n) is 3.89. The van der Waals surface area contributed by atoms with Gasteiger partial charge in [0, 0.05) is 18.4 Å². The van der Waals surface area contributed by atoms with Gasteiger partial charge in [-0.2, -0.15) is 0 Å². The first-order valence-electron chi connectivity index (χ1n) is 7.28. The van der Waals surface area contributed by atoms with Crippen LogP contribution in [0.25, 0.3) is 11.1 Å². The Bertz CT molecular complexity index is 548.